The fraction of sp³-hybridized carbons (Fsp3) is 0.300. The van der Waals surface area contributed by atoms with Crippen LogP contribution in [0, 0.1) is 5.92 Å². The molecule has 0 unspecified atom stereocenters. The van der Waals surface area contributed by atoms with Crippen molar-refractivity contribution in [2.75, 3.05) is 31.4 Å². The van der Waals surface area contributed by atoms with Gasteiger partial charge in [0, 0.05) is 37.2 Å². The lowest BCUT2D eigenvalue weighted by Crippen LogP contribution is -2.34. The van der Waals surface area contributed by atoms with Gasteiger partial charge in [-0.2, -0.15) is 0 Å². The van der Waals surface area contributed by atoms with Crippen LogP contribution in [0.2, 0.25) is 0 Å². The van der Waals surface area contributed by atoms with E-state index in [1.165, 1.54) is 0 Å². The van der Waals surface area contributed by atoms with Gasteiger partial charge in [-0.1, -0.05) is 18.2 Å². The summed E-state index contributed by atoms with van der Waals surface area (Å²) >= 11 is 0. The van der Waals surface area contributed by atoms with Crippen molar-refractivity contribution in [3.63, 3.8) is 0 Å². The summed E-state index contributed by atoms with van der Waals surface area (Å²) in [6.07, 6.45) is 0.397. The van der Waals surface area contributed by atoms with E-state index in [-0.39, 0.29) is 31.1 Å². The number of nitrogens with one attached hydrogen (secondary N) is 1. The lowest BCUT2D eigenvalue weighted by molar-refractivity contribution is -0.123. The van der Waals surface area contributed by atoms with Crippen LogP contribution in [0.3, 0.4) is 0 Å². The van der Waals surface area contributed by atoms with Crippen LogP contribution in [0.15, 0.2) is 48.5 Å². The normalized spacial score (nSPS) is 17.9. The maximum absolute atomic E-state index is 12.4. The summed E-state index contributed by atoms with van der Waals surface area (Å²) in [6, 6.07) is 14.6. The number of amides is 2. The quantitative estimate of drug-likeness (QED) is 0.844. The lowest BCUT2D eigenvalue weighted by Gasteiger charge is -2.17. The largest absolute Gasteiger partial charge is 0.484 e. The molecular formula is C20H20N2O5. The van der Waals surface area contributed by atoms with E-state index in [0.717, 1.165) is 5.69 Å². The van der Waals surface area contributed by atoms with E-state index in [9.17, 15) is 9.59 Å². The lowest BCUT2D eigenvalue weighted by atomic mass is 10.1. The SMILES string of the molecule is O=C(COc1ccccc1)NC[C@H]1CC(=O)N(c2ccc3c(c2)OCO3)C1. The molecule has 1 fully saturated rings. The highest BCUT2D eigenvalue weighted by atomic mass is 16.7. The molecule has 2 aromatic rings. The number of hydrogen-bond donors (Lipinski definition) is 1. The average molecular weight is 368 g/mol. The van der Waals surface area contributed by atoms with Gasteiger partial charge < -0.3 is 24.4 Å². The summed E-state index contributed by atoms with van der Waals surface area (Å²) in [7, 11) is 0. The van der Waals surface area contributed by atoms with Crippen LogP contribution in [0.5, 0.6) is 17.2 Å². The Labute approximate surface area is 156 Å². The van der Waals surface area contributed by atoms with Crippen LogP contribution < -0.4 is 24.4 Å². The van der Waals surface area contributed by atoms with Gasteiger partial charge >= 0.3 is 0 Å². The smallest absolute Gasteiger partial charge is 0.257 e. The number of anilines is 1. The highest BCUT2D eigenvalue weighted by molar-refractivity contribution is 5.96. The first-order valence-corrected chi connectivity index (χ1v) is 8.83. The first kappa shape index (κ1) is 17.2. The van der Waals surface area contributed by atoms with Crippen LogP contribution in [-0.2, 0) is 9.59 Å². The molecule has 140 valence electrons. The Kier molecular flexibility index (Phi) is 4.82. The van der Waals surface area contributed by atoms with E-state index in [1.54, 1.807) is 23.1 Å². The van der Waals surface area contributed by atoms with Gasteiger partial charge in [0.25, 0.3) is 5.91 Å². The first-order chi connectivity index (χ1) is 13.2. The van der Waals surface area contributed by atoms with Crippen LogP contribution in [-0.4, -0.2) is 38.3 Å². The molecule has 7 nitrogen and oxygen atoms in total. The second-order valence-electron chi connectivity index (χ2n) is 6.52. The Morgan fingerprint density at radius 1 is 1.15 bits per heavy atom. The predicted molar refractivity (Wildman–Crippen MR) is 98.0 cm³/mol. The first-order valence-electron chi connectivity index (χ1n) is 8.83. The number of hydrogen-bond acceptors (Lipinski definition) is 5. The predicted octanol–water partition coefficient (Wildman–Crippen LogP) is 1.96. The Morgan fingerprint density at radius 3 is 2.81 bits per heavy atom. The van der Waals surface area contributed by atoms with Gasteiger partial charge in [0.05, 0.1) is 0 Å². The number of benzene rings is 2. The van der Waals surface area contributed by atoms with Gasteiger partial charge in [0.1, 0.15) is 5.75 Å². The molecule has 2 aliphatic heterocycles. The second-order valence-corrected chi connectivity index (χ2v) is 6.52. The van der Waals surface area contributed by atoms with E-state index in [4.69, 9.17) is 14.2 Å². The van der Waals surface area contributed by atoms with Crippen molar-refractivity contribution < 1.29 is 23.8 Å². The second kappa shape index (κ2) is 7.57. The van der Waals surface area contributed by atoms with E-state index < -0.39 is 0 Å². The zero-order valence-electron chi connectivity index (χ0n) is 14.7. The molecule has 7 heteroatoms. The topological polar surface area (TPSA) is 77.1 Å². The van der Waals surface area contributed by atoms with Crippen LogP contribution in [0.1, 0.15) is 6.42 Å². The Bertz CT molecular complexity index is 840. The van der Waals surface area contributed by atoms with Gasteiger partial charge in [-0.15, -0.1) is 0 Å². The number of carbonyl (C=O) groups is 2. The van der Waals surface area contributed by atoms with Gasteiger partial charge in [0.15, 0.2) is 18.1 Å². The third-order valence-electron chi connectivity index (χ3n) is 4.57. The maximum Gasteiger partial charge on any atom is 0.257 e. The van der Waals surface area contributed by atoms with Crippen molar-refractivity contribution >= 4 is 17.5 Å². The molecule has 2 aromatic carbocycles. The van der Waals surface area contributed by atoms with E-state index in [0.29, 0.717) is 36.8 Å². The van der Waals surface area contributed by atoms with Gasteiger partial charge in [-0.25, -0.2) is 0 Å². The van der Waals surface area contributed by atoms with Crippen molar-refractivity contribution in [1.82, 2.24) is 5.32 Å². The average Bonchev–Trinajstić information content (AvgIpc) is 3.31. The number of ether oxygens (including phenoxy) is 3. The summed E-state index contributed by atoms with van der Waals surface area (Å²) in [5, 5.41) is 2.84. The van der Waals surface area contributed by atoms with Gasteiger partial charge in [-0.3, -0.25) is 9.59 Å². The highest BCUT2D eigenvalue weighted by Gasteiger charge is 2.31. The number of para-hydroxylation sites is 1. The Hall–Kier alpha value is -3.22. The van der Waals surface area contributed by atoms with Crippen LogP contribution in [0.25, 0.3) is 0 Å². The molecule has 4 rings (SSSR count). The number of rotatable bonds is 6. The fourth-order valence-corrected chi connectivity index (χ4v) is 3.20. The number of nitrogens with zero attached hydrogens (tertiary/aromatic N) is 1. The zero-order chi connectivity index (χ0) is 18.6. The molecule has 0 aromatic heterocycles. The van der Waals surface area contributed by atoms with E-state index in [1.807, 2.05) is 30.3 Å². The van der Waals surface area contributed by atoms with Gasteiger partial charge in [-0.05, 0) is 24.3 Å². The zero-order valence-corrected chi connectivity index (χ0v) is 14.7. The fourth-order valence-electron chi connectivity index (χ4n) is 3.20. The van der Waals surface area contributed by atoms with E-state index in [2.05, 4.69) is 5.32 Å². The van der Waals surface area contributed by atoms with Crippen molar-refractivity contribution in [1.29, 1.82) is 0 Å². The molecule has 0 radical (unpaired) electrons. The van der Waals surface area contributed by atoms with Crippen molar-refractivity contribution in [3.8, 4) is 17.2 Å². The van der Waals surface area contributed by atoms with Crippen LogP contribution in [0.4, 0.5) is 5.69 Å². The highest BCUT2D eigenvalue weighted by Crippen LogP contribution is 2.37. The molecule has 27 heavy (non-hydrogen) atoms. The standard InChI is InChI=1S/C20H20N2O5/c23-19(12-25-16-4-2-1-3-5-16)21-10-14-8-20(24)22(11-14)15-6-7-17-18(9-15)27-13-26-17/h1-7,9,14H,8,10-13H2,(H,21,23)/t14-/m1/s1. The summed E-state index contributed by atoms with van der Waals surface area (Å²) in [5.74, 6) is 1.88. The molecule has 1 saturated heterocycles. The minimum Gasteiger partial charge on any atom is -0.484 e. The molecule has 1 N–H and O–H groups in total. The summed E-state index contributed by atoms with van der Waals surface area (Å²) in [4.78, 5) is 26.0. The molecular weight excluding hydrogens is 348 g/mol. The molecule has 2 heterocycles. The van der Waals surface area contributed by atoms with Crippen molar-refractivity contribution in [2.24, 2.45) is 5.92 Å². The molecule has 1 atom stereocenters. The molecule has 0 saturated carbocycles. The van der Waals surface area contributed by atoms with E-state index >= 15 is 0 Å². The monoisotopic (exact) mass is 368 g/mol. The maximum atomic E-state index is 12.4. The molecule has 0 aliphatic carbocycles. The summed E-state index contributed by atoms with van der Waals surface area (Å²) in [6.45, 7) is 1.14. The third-order valence-corrected chi connectivity index (χ3v) is 4.57. The van der Waals surface area contributed by atoms with Crippen molar-refractivity contribution in [2.45, 2.75) is 6.42 Å². The van der Waals surface area contributed by atoms with Gasteiger partial charge in [0.2, 0.25) is 12.7 Å². The molecule has 2 aliphatic rings. The minimum atomic E-state index is -0.201. The Morgan fingerprint density at radius 2 is 1.96 bits per heavy atom. The molecule has 2 amide bonds. The van der Waals surface area contributed by atoms with Crippen molar-refractivity contribution in [3.05, 3.63) is 48.5 Å². The Balaban J connectivity index is 1.27. The minimum absolute atomic E-state index is 0.0358. The molecule has 0 bridgehead atoms. The number of carbonyl (C=O) groups excluding carboxylic acids is 2. The third kappa shape index (κ3) is 3.97. The number of fused-ring (bicyclic) bond motifs is 1. The summed E-state index contributed by atoms with van der Waals surface area (Å²) < 4.78 is 16.1. The summed E-state index contributed by atoms with van der Waals surface area (Å²) in [5.41, 5.74) is 0.783. The molecule has 0 spiro atoms. The van der Waals surface area contributed by atoms with Crippen LogP contribution >= 0.6 is 0 Å².